The number of nitrogens with zero attached hydrogens (tertiary/aromatic N) is 6. The first kappa shape index (κ1) is 11.4. The highest BCUT2D eigenvalue weighted by Gasteiger charge is 2.34. The molecule has 0 saturated carbocycles. The van der Waals surface area contributed by atoms with E-state index in [9.17, 15) is 9.90 Å². The smallest absolute Gasteiger partial charge is 0.228 e. The van der Waals surface area contributed by atoms with Gasteiger partial charge in [-0.25, -0.2) is 0 Å². The first-order valence-corrected chi connectivity index (χ1v) is 5.18. The van der Waals surface area contributed by atoms with Crippen molar-refractivity contribution in [2.24, 2.45) is 5.11 Å². The van der Waals surface area contributed by atoms with E-state index in [2.05, 4.69) is 15.1 Å². The monoisotopic (exact) mass is 236 g/mol. The summed E-state index contributed by atoms with van der Waals surface area (Å²) in [6.07, 6.45) is 2.72. The fraction of sp³-hybridized carbons (Fsp3) is 0.556. The molecule has 0 aromatic carbocycles. The number of aliphatic hydroxyl groups is 1. The number of aliphatic hydroxyl groups excluding tert-OH is 1. The van der Waals surface area contributed by atoms with Crippen molar-refractivity contribution in [3.05, 3.63) is 28.9 Å². The molecule has 1 aliphatic heterocycles. The van der Waals surface area contributed by atoms with Gasteiger partial charge in [0, 0.05) is 30.4 Å². The van der Waals surface area contributed by atoms with Crippen LogP contribution in [0.25, 0.3) is 10.4 Å². The zero-order valence-electron chi connectivity index (χ0n) is 9.05. The van der Waals surface area contributed by atoms with Crippen LogP contribution >= 0.6 is 0 Å². The number of carbonyl (C=O) groups excluding carboxylic acids is 1. The summed E-state index contributed by atoms with van der Waals surface area (Å²) in [6.45, 7) is 0.405. The molecule has 1 saturated heterocycles. The molecular weight excluding hydrogens is 224 g/mol. The lowest BCUT2D eigenvalue weighted by atomic mass is 10.2. The van der Waals surface area contributed by atoms with Gasteiger partial charge in [0.2, 0.25) is 5.91 Å². The standard InChI is InChI=1S/C9H12N6O2/c10-13-11-4-9(17)14-5-7(8(16)6-14)15-3-1-2-12-15/h1-3,7-8,16H,4-6H2/t7-,8+/m0/s1. The van der Waals surface area contributed by atoms with Crippen LogP contribution in [0.2, 0.25) is 0 Å². The Hall–Kier alpha value is -2.05. The van der Waals surface area contributed by atoms with Gasteiger partial charge in [0.1, 0.15) is 6.54 Å². The van der Waals surface area contributed by atoms with Gasteiger partial charge in [-0.15, -0.1) is 0 Å². The molecule has 8 heteroatoms. The summed E-state index contributed by atoms with van der Waals surface area (Å²) in [5.74, 6) is -0.281. The molecule has 2 rings (SSSR count). The Bertz CT molecular complexity index is 438. The second-order valence-electron chi connectivity index (χ2n) is 3.81. The Kier molecular flexibility index (Phi) is 3.27. The van der Waals surface area contributed by atoms with Crippen LogP contribution < -0.4 is 0 Å². The van der Waals surface area contributed by atoms with E-state index >= 15 is 0 Å². The maximum atomic E-state index is 11.6. The molecule has 90 valence electrons. The first-order chi connectivity index (χ1) is 8.22. The van der Waals surface area contributed by atoms with Gasteiger partial charge in [-0.05, 0) is 11.6 Å². The number of β-amino-alcohol motifs (C(OH)–C–C–N with tert-alkyl or cyclic N) is 1. The molecule has 1 aromatic rings. The molecule has 1 aromatic heterocycles. The predicted molar refractivity (Wildman–Crippen MR) is 57.9 cm³/mol. The van der Waals surface area contributed by atoms with Crippen molar-refractivity contribution in [2.75, 3.05) is 19.6 Å². The molecule has 0 unspecified atom stereocenters. The van der Waals surface area contributed by atoms with Gasteiger partial charge in [0.15, 0.2) is 0 Å². The highest BCUT2D eigenvalue weighted by Crippen LogP contribution is 2.21. The second kappa shape index (κ2) is 4.86. The van der Waals surface area contributed by atoms with Crippen molar-refractivity contribution in [1.82, 2.24) is 14.7 Å². The summed E-state index contributed by atoms with van der Waals surface area (Å²) in [6, 6.07) is 1.52. The summed E-state index contributed by atoms with van der Waals surface area (Å²) in [5.41, 5.74) is 8.14. The lowest BCUT2D eigenvalue weighted by molar-refractivity contribution is -0.129. The van der Waals surface area contributed by atoms with E-state index in [-0.39, 0.29) is 25.0 Å². The van der Waals surface area contributed by atoms with Gasteiger partial charge in [-0.2, -0.15) is 5.10 Å². The predicted octanol–water partition coefficient (Wildman–Crippen LogP) is -0.0624. The zero-order valence-corrected chi connectivity index (χ0v) is 9.05. The molecule has 0 aliphatic carbocycles. The highest BCUT2D eigenvalue weighted by molar-refractivity contribution is 5.78. The summed E-state index contributed by atoms with van der Waals surface area (Å²) in [7, 11) is 0. The third-order valence-electron chi connectivity index (χ3n) is 2.75. The molecular formula is C9H12N6O2. The van der Waals surface area contributed by atoms with E-state index in [0.717, 1.165) is 0 Å². The molecule has 0 bridgehead atoms. The number of hydrogen-bond donors (Lipinski definition) is 1. The minimum Gasteiger partial charge on any atom is -0.389 e. The first-order valence-electron chi connectivity index (χ1n) is 5.18. The lowest BCUT2D eigenvalue weighted by Crippen LogP contribution is -2.31. The van der Waals surface area contributed by atoms with Crippen LogP contribution in [0.15, 0.2) is 23.6 Å². The van der Waals surface area contributed by atoms with Crippen LogP contribution in [0.5, 0.6) is 0 Å². The molecule has 1 N–H and O–H groups in total. The van der Waals surface area contributed by atoms with Gasteiger partial charge in [-0.1, -0.05) is 5.11 Å². The Balaban J connectivity index is 2.02. The number of carbonyl (C=O) groups is 1. The van der Waals surface area contributed by atoms with Gasteiger partial charge in [-0.3, -0.25) is 9.48 Å². The van der Waals surface area contributed by atoms with Crippen LogP contribution in [0, 0.1) is 0 Å². The summed E-state index contributed by atoms with van der Waals surface area (Å²) >= 11 is 0. The molecule has 1 amide bonds. The van der Waals surface area contributed by atoms with E-state index in [1.165, 1.54) is 4.90 Å². The number of azide groups is 1. The Labute approximate surface area is 97.1 Å². The molecule has 0 radical (unpaired) electrons. The summed E-state index contributed by atoms with van der Waals surface area (Å²) in [5, 5.41) is 17.1. The number of rotatable bonds is 3. The second-order valence-corrected chi connectivity index (χ2v) is 3.81. The zero-order chi connectivity index (χ0) is 12.3. The molecule has 0 spiro atoms. The number of aromatic nitrogens is 2. The van der Waals surface area contributed by atoms with E-state index in [0.29, 0.717) is 6.54 Å². The molecule has 2 heterocycles. The number of amides is 1. The molecule has 1 aliphatic rings. The summed E-state index contributed by atoms with van der Waals surface area (Å²) in [4.78, 5) is 15.6. The van der Waals surface area contributed by atoms with Crippen molar-refractivity contribution >= 4 is 5.91 Å². The molecule has 17 heavy (non-hydrogen) atoms. The van der Waals surface area contributed by atoms with Crippen molar-refractivity contribution < 1.29 is 9.90 Å². The number of likely N-dealkylation sites (tertiary alicyclic amines) is 1. The van der Waals surface area contributed by atoms with Gasteiger partial charge < -0.3 is 10.0 Å². The normalized spacial score (nSPS) is 23.5. The van der Waals surface area contributed by atoms with Crippen LogP contribution in [0.4, 0.5) is 0 Å². The van der Waals surface area contributed by atoms with Gasteiger partial charge in [0.05, 0.1) is 12.1 Å². The molecule has 2 atom stereocenters. The third kappa shape index (κ3) is 2.38. The quantitative estimate of drug-likeness (QED) is 0.451. The molecule has 8 nitrogen and oxygen atoms in total. The van der Waals surface area contributed by atoms with Crippen molar-refractivity contribution in [3.63, 3.8) is 0 Å². The van der Waals surface area contributed by atoms with Crippen LogP contribution in [-0.4, -0.2) is 51.4 Å². The highest BCUT2D eigenvalue weighted by atomic mass is 16.3. The van der Waals surface area contributed by atoms with Crippen molar-refractivity contribution in [3.8, 4) is 0 Å². The minimum atomic E-state index is -0.648. The van der Waals surface area contributed by atoms with Crippen LogP contribution in [-0.2, 0) is 4.79 Å². The lowest BCUT2D eigenvalue weighted by Gasteiger charge is -2.14. The maximum Gasteiger partial charge on any atom is 0.228 e. The summed E-state index contributed by atoms with van der Waals surface area (Å²) < 4.78 is 1.63. The van der Waals surface area contributed by atoms with E-state index in [1.807, 2.05) is 0 Å². The van der Waals surface area contributed by atoms with Gasteiger partial charge >= 0.3 is 0 Å². The Morgan fingerprint density at radius 2 is 2.47 bits per heavy atom. The van der Waals surface area contributed by atoms with E-state index < -0.39 is 6.10 Å². The minimum absolute atomic E-state index is 0.213. The Morgan fingerprint density at radius 1 is 1.65 bits per heavy atom. The SMILES string of the molecule is [N-]=[N+]=NCC(=O)N1C[C@@H](O)[C@@H](n2cccn2)C1. The average Bonchev–Trinajstić information content (AvgIpc) is 2.94. The van der Waals surface area contributed by atoms with E-state index in [4.69, 9.17) is 5.53 Å². The fourth-order valence-electron chi connectivity index (χ4n) is 1.90. The third-order valence-corrected chi connectivity index (χ3v) is 2.75. The van der Waals surface area contributed by atoms with Gasteiger partial charge in [0.25, 0.3) is 0 Å². The Morgan fingerprint density at radius 3 is 3.12 bits per heavy atom. The largest absolute Gasteiger partial charge is 0.389 e. The topological polar surface area (TPSA) is 107 Å². The van der Waals surface area contributed by atoms with Crippen LogP contribution in [0.3, 0.4) is 0 Å². The molecule has 1 fully saturated rings. The van der Waals surface area contributed by atoms with Crippen molar-refractivity contribution in [2.45, 2.75) is 12.1 Å². The number of hydrogen-bond acceptors (Lipinski definition) is 4. The fourth-order valence-corrected chi connectivity index (χ4v) is 1.90. The van der Waals surface area contributed by atoms with Crippen molar-refractivity contribution in [1.29, 1.82) is 0 Å². The van der Waals surface area contributed by atoms with E-state index in [1.54, 1.807) is 23.1 Å². The van der Waals surface area contributed by atoms with Crippen LogP contribution in [0.1, 0.15) is 6.04 Å². The average molecular weight is 236 g/mol. The maximum absolute atomic E-state index is 11.6.